The third-order valence-electron chi connectivity index (χ3n) is 13.5. The molecule has 18 heteroatoms. The molecule has 0 aliphatic carbocycles. The lowest BCUT2D eigenvalue weighted by atomic mass is 10.0. The first-order valence-corrected chi connectivity index (χ1v) is 23.4. The van der Waals surface area contributed by atoms with Gasteiger partial charge in [-0.25, -0.2) is 19.6 Å². The molecule has 3 aliphatic rings. The molecule has 6 heterocycles. The molecule has 18 nitrogen and oxygen atoms in total. The zero-order chi connectivity index (χ0) is 48.7. The van der Waals surface area contributed by atoms with Crippen LogP contribution in [0.2, 0.25) is 0 Å². The number of hydrogen-bond acceptors (Lipinski definition) is 11. The number of carbonyl (C=O) groups excluding carboxylic acids is 4. The first kappa shape index (κ1) is 46.6. The number of imidazole rings is 2. The molecule has 3 unspecified atom stereocenters. The van der Waals surface area contributed by atoms with Crippen molar-refractivity contribution in [3.8, 4) is 51.0 Å². The van der Waals surface area contributed by atoms with Gasteiger partial charge in [0, 0.05) is 46.8 Å². The Labute approximate surface area is 400 Å². The molecule has 0 saturated carbocycles. The Kier molecular flexibility index (Phi) is 13.0. The summed E-state index contributed by atoms with van der Waals surface area (Å²) in [6, 6.07) is 18.2. The fourth-order valence-electron chi connectivity index (χ4n) is 9.92. The summed E-state index contributed by atoms with van der Waals surface area (Å²) in [5, 5.41) is 6.40. The number of fused-ring (bicyclic) bond motifs is 5. The molecule has 69 heavy (non-hydrogen) atoms. The SMILES string of the molecule is COC(=O)NC(C(=O)N1CCC[C@H]1c1ncc(-c2ccc3c(c2)cc2n3C(c3cc(OC)cc(OC)c3)Oc3cc(-c4cnc(C5CCCN5C(=O)[C@@H](NC(=O)OC)C(C)C)[nH]4)ccc3-2)[nH]1)C(C)C. The topological polar surface area (TPSA) is 207 Å². The van der Waals surface area contributed by atoms with E-state index in [-0.39, 0.29) is 35.7 Å². The van der Waals surface area contributed by atoms with Gasteiger partial charge in [-0.3, -0.25) is 9.59 Å². The molecule has 0 spiro atoms. The van der Waals surface area contributed by atoms with Gasteiger partial charge in [-0.1, -0.05) is 39.8 Å². The van der Waals surface area contributed by atoms with Crippen LogP contribution in [0.1, 0.15) is 88.9 Å². The van der Waals surface area contributed by atoms with Crippen molar-refractivity contribution in [3.05, 3.63) is 90.3 Å². The quantitative estimate of drug-likeness (QED) is 0.0869. The highest BCUT2D eigenvalue weighted by atomic mass is 16.5. The van der Waals surface area contributed by atoms with E-state index < -0.39 is 30.5 Å². The molecule has 3 aromatic heterocycles. The van der Waals surface area contributed by atoms with Gasteiger partial charge in [-0.15, -0.1) is 0 Å². The fraction of sp³-hybridized carbons (Fsp3) is 0.412. The van der Waals surface area contributed by atoms with E-state index in [1.54, 1.807) is 36.4 Å². The highest BCUT2D eigenvalue weighted by Crippen LogP contribution is 2.47. The number of rotatable bonds is 13. The van der Waals surface area contributed by atoms with E-state index in [4.69, 9.17) is 33.7 Å². The average molecular weight is 942 g/mol. The number of carbonyl (C=O) groups is 4. The van der Waals surface area contributed by atoms with Crippen molar-refractivity contribution in [2.75, 3.05) is 41.5 Å². The highest BCUT2D eigenvalue weighted by Gasteiger charge is 2.39. The molecule has 3 aliphatic heterocycles. The van der Waals surface area contributed by atoms with Crippen LogP contribution < -0.4 is 24.8 Å². The van der Waals surface area contributed by atoms with Gasteiger partial charge in [0.05, 0.1) is 75.5 Å². The third kappa shape index (κ3) is 8.90. The first-order chi connectivity index (χ1) is 33.3. The summed E-state index contributed by atoms with van der Waals surface area (Å²) in [6.45, 7) is 8.69. The predicted octanol–water partition coefficient (Wildman–Crippen LogP) is 8.13. The molecule has 4 amide bonds. The largest absolute Gasteiger partial charge is 0.497 e. The van der Waals surface area contributed by atoms with Crippen molar-refractivity contribution >= 4 is 34.9 Å². The van der Waals surface area contributed by atoms with Gasteiger partial charge >= 0.3 is 12.2 Å². The van der Waals surface area contributed by atoms with Crippen LogP contribution in [0.5, 0.6) is 17.2 Å². The summed E-state index contributed by atoms with van der Waals surface area (Å²) in [6.07, 6.45) is 4.76. The molecule has 362 valence electrons. The average Bonchev–Trinajstić information content (AvgIpc) is 4.23. The number of benzene rings is 3. The van der Waals surface area contributed by atoms with Crippen molar-refractivity contribution in [3.63, 3.8) is 0 Å². The van der Waals surface area contributed by atoms with E-state index in [9.17, 15) is 19.2 Å². The lowest BCUT2D eigenvalue weighted by molar-refractivity contribution is -0.136. The molecular weight excluding hydrogens is 883 g/mol. The third-order valence-corrected chi connectivity index (χ3v) is 13.5. The fourth-order valence-corrected chi connectivity index (χ4v) is 9.92. The van der Waals surface area contributed by atoms with Gasteiger partial charge in [0.25, 0.3) is 0 Å². The maximum atomic E-state index is 13.8. The van der Waals surface area contributed by atoms with Crippen LogP contribution in [0.25, 0.3) is 44.7 Å². The van der Waals surface area contributed by atoms with E-state index in [0.717, 1.165) is 75.9 Å². The van der Waals surface area contributed by atoms with Gasteiger partial charge in [0.2, 0.25) is 18.0 Å². The molecule has 3 aromatic carbocycles. The zero-order valence-electron chi connectivity index (χ0n) is 40.1. The van der Waals surface area contributed by atoms with E-state index in [0.29, 0.717) is 42.0 Å². The minimum atomic E-state index is -0.738. The van der Waals surface area contributed by atoms with Crippen molar-refractivity contribution in [1.82, 2.24) is 44.9 Å². The molecule has 5 atom stereocenters. The molecule has 6 aromatic rings. The summed E-state index contributed by atoms with van der Waals surface area (Å²) < 4.78 is 30.3. The second kappa shape index (κ2) is 19.2. The standard InChI is InChI=1S/C51H59N9O9/c1-27(2)43(56-50(63)67-7)47(61)58-17-9-11-39(58)45-52-25-36(54-45)29-14-16-38-31(19-29)22-41-35-15-13-30(23-42(35)69-49(60(38)41)32-20-33(65-5)24-34(21-32)66-6)37-26-53-46(55-37)40-12-10-18-59(40)48(62)44(28(3)4)57-51(64)68-8/h13-16,19-28,39-40,43-44,49H,9-12,17-18H2,1-8H3,(H,52,54)(H,53,55)(H,56,63)(H,57,64)/t39-,40?,43?,44-,49?/m0/s1. The van der Waals surface area contributed by atoms with Crippen LogP contribution in [-0.4, -0.2) is 112 Å². The number of H-pyrrole nitrogens is 2. The Morgan fingerprint density at radius 1 is 0.681 bits per heavy atom. The minimum Gasteiger partial charge on any atom is -0.497 e. The summed E-state index contributed by atoms with van der Waals surface area (Å²) >= 11 is 0. The number of nitrogens with one attached hydrogen (secondary N) is 4. The van der Waals surface area contributed by atoms with Gasteiger partial charge in [0.15, 0.2) is 0 Å². The van der Waals surface area contributed by atoms with Crippen LogP contribution in [0.3, 0.4) is 0 Å². The van der Waals surface area contributed by atoms with E-state index >= 15 is 0 Å². The lowest BCUT2D eigenvalue weighted by Gasteiger charge is -2.31. The van der Waals surface area contributed by atoms with Gasteiger partial charge in [-0.05, 0) is 80.0 Å². The van der Waals surface area contributed by atoms with Crippen LogP contribution >= 0.6 is 0 Å². The number of aromatic nitrogens is 5. The maximum Gasteiger partial charge on any atom is 0.407 e. The monoisotopic (exact) mass is 941 g/mol. The normalized spacial score (nSPS) is 18.4. The Bertz CT molecular complexity index is 2880. The molecule has 0 bridgehead atoms. The second-order valence-electron chi connectivity index (χ2n) is 18.5. The molecule has 4 N–H and O–H groups in total. The number of alkyl carbamates (subject to hydrolysis) is 2. The lowest BCUT2D eigenvalue weighted by Crippen LogP contribution is -2.51. The molecule has 2 fully saturated rings. The summed E-state index contributed by atoms with van der Waals surface area (Å²) in [5.41, 5.74) is 6.93. The van der Waals surface area contributed by atoms with Crippen molar-refractivity contribution < 1.29 is 42.9 Å². The summed E-state index contributed by atoms with van der Waals surface area (Å²) in [5.74, 6) is 2.62. The first-order valence-electron chi connectivity index (χ1n) is 23.4. The highest BCUT2D eigenvalue weighted by molar-refractivity contribution is 5.93. The number of likely N-dealkylation sites (tertiary alicyclic amines) is 2. The smallest absolute Gasteiger partial charge is 0.407 e. The molecule has 9 rings (SSSR count). The van der Waals surface area contributed by atoms with Crippen LogP contribution in [0.15, 0.2) is 73.1 Å². The molecule has 0 radical (unpaired) electrons. The Morgan fingerprint density at radius 3 is 1.71 bits per heavy atom. The summed E-state index contributed by atoms with van der Waals surface area (Å²) in [7, 11) is 5.81. The zero-order valence-corrected chi connectivity index (χ0v) is 40.1. The Morgan fingerprint density at radius 2 is 1.20 bits per heavy atom. The number of hydrogen-bond donors (Lipinski definition) is 4. The Balaban J connectivity index is 1.04. The second-order valence-corrected chi connectivity index (χ2v) is 18.5. The number of methoxy groups -OCH3 is 4. The number of ether oxygens (including phenoxy) is 5. The van der Waals surface area contributed by atoms with E-state index in [2.05, 4.69) is 55.5 Å². The predicted molar refractivity (Wildman–Crippen MR) is 257 cm³/mol. The van der Waals surface area contributed by atoms with E-state index in [1.807, 2.05) is 58.0 Å². The van der Waals surface area contributed by atoms with E-state index in [1.165, 1.54) is 14.2 Å². The van der Waals surface area contributed by atoms with Gasteiger partial charge < -0.3 is 58.7 Å². The minimum absolute atomic E-state index is 0.143. The number of nitrogens with zero attached hydrogens (tertiary/aromatic N) is 5. The van der Waals surface area contributed by atoms with Crippen LogP contribution in [-0.2, 0) is 19.1 Å². The molecule has 2 saturated heterocycles. The van der Waals surface area contributed by atoms with Crippen molar-refractivity contribution in [2.45, 2.75) is 83.8 Å². The Hall–Kier alpha value is -7.50. The maximum absolute atomic E-state index is 13.8. The van der Waals surface area contributed by atoms with Crippen LogP contribution in [0, 0.1) is 11.8 Å². The van der Waals surface area contributed by atoms with Gasteiger partial charge in [-0.2, -0.15) is 0 Å². The van der Waals surface area contributed by atoms with Crippen molar-refractivity contribution in [1.29, 1.82) is 0 Å². The number of aromatic amines is 2. The van der Waals surface area contributed by atoms with Crippen LogP contribution in [0.4, 0.5) is 9.59 Å². The van der Waals surface area contributed by atoms with Crippen molar-refractivity contribution in [2.24, 2.45) is 11.8 Å². The van der Waals surface area contributed by atoms with Gasteiger partial charge in [0.1, 0.15) is 41.0 Å². The number of amides is 4. The summed E-state index contributed by atoms with van der Waals surface area (Å²) in [4.78, 5) is 72.2. The molecular formula is C51H59N9O9.